The summed E-state index contributed by atoms with van der Waals surface area (Å²) in [6.45, 7) is 5.24. The van der Waals surface area contributed by atoms with Gasteiger partial charge in [-0.15, -0.1) is 0 Å². The zero-order valence-electron chi connectivity index (χ0n) is 16.9. The van der Waals surface area contributed by atoms with Crippen LogP contribution in [0.3, 0.4) is 0 Å². The highest BCUT2D eigenvalue weighted by Crippen LogP contribution is 2.26. The minimum atomic E-state index is -1.01. The lowest BCUT2D eigenvalue weighted by Crippen LogP contribution is -2.44. The minimum absolute atomic E-state index is 0.0401. The molecular weight excluding hydrogens is 376 g/mol. The maximum absolute atomic E-state index is 12.4. The summed E-state index contributed by atoms with van der Waals surface area (Å²) in [7, 11) is 1.21. The van der Waals surface area contributed by atoms with Crippen molar-refractivity contribution in [1.82, 2.24) is 5.32 Å². The van der Waals surface area contributed by atoms with Crippen molar-refractivity contribution in [2.75, 3.05) is 12.4 Å². The quantitative estimate of drug-likeness (QED) is 0.639. The van der Waals surface area contributed by atoms with Crippen LogP contribution in [-0.4, -0.2) is 41.8 Å². The Morgan fingerprint density at radius 1 is 1.14 bits per heavy atom. The number of carbonyl (C=O) groups is 3. The van der Waals surface area contributed by atoms with Gasteiger partial charge < -0.3 is 25.2 Å². The van der Waals surface area contributed by atoms with Gasteiger partial charge in [0.25, 0.3) is 0 Å². The summed E-state index contributed by atoms with van der Waals surface area (Å²) in [5, 5.41) is 16.3. The van der Waals surface area contributed by atoms with Crippen LogP contribution in [0.5, 0.6) is 5.75 Å². The Kier molecular flexibility index (Phi) is 7.03. The lowest BCUT2D eigenvalue weighted by atomic mass is 10.1. The molecule has 0 aliphatic carbocycles. The topological polar surface area (TPSA) is 114 Å². The van der Waals surface area contributed by atoms with Crippen molar-refractivity contribution in [3.63, 3.8) is 0 Å². The number of phenolic OH excluding ortho intramolecular Hbond substituents is 1. The first-order valence-corrected chi connectivity index (χ1v) is 9.18. The number of nitrogens with one attached hydrogen (secondary N) is 2. The second-order valence-corrected chi connectivity index (χ2v) is 7.51. The molecule has 1 atom stereocenters. The number of rotatable bonds is 6. The molecule has 2 rings (SSSR count). The highest BCUT2D eigenvalue weighted by atomic mass is 16.6. The van der Waals surface area contributed by atoms with Crippen LogP contribution in [0.25, 0.3) is 10.8 Å². The van der Waals surface area contributed by atoms with Crippen molar-refractivity contribution in [3.8, 4) is 5.75 Å². The van der Waals surface area contributed by atoms with Crippen LogP contribution in [0, 0.1) is 0 Å². The van der Waals surface area contributed by atoms with Gasteiger partial charge in [0.2, 0.25) is 0 Å². The third-order valence-corrected chi connectivity index (χ3v) is 3.96. The maximum Gasteiger partial charge on any atom is 0.328 e. The number of esters is 2. The van der Waals surface area contributed by atoms with Gasteiger partial charge in [-0.1, -0.05) is 12.1 Å². The van der Waals surface area contributed by atoms with Gasteiger partial charge in [-0.3, -0.25) is 4.79 Å². The van der Waals surface area contributed by atoms with E-state index < -0.39 is 29.6 Å². The largest absolute Gasteiger partial charge is 0.508 e. The molecule has 8 nitrogen and oxygen atoms in total. The molecule has 3 N–H and O–H groups in total. The predicted octanol–water partition coefficient (Wildman–Crippen LogP) is 3.33. The average molecular weight is 402 g/mol. The number of urea groups is 1. The van der Waals surface area contributed by atoms with Crippen molar-refractivity contribution in [3.05, 3.63) is 36.4 Å². The number of carbonyl (C=O) groups excluding carboxylic acids is 3. The minimum Gasteiger partial charge on any atom is -0.508 e. The molecule has 156 valence electrons. The summed E-state index contributed by atoms with van der Waals surface area (Å²) in [6.07, 6.45) is -0.0106. The van der Waals surface area contributed by atoms with Gasteiger partial charge in [0.05, 0.1) is 12.8 Å². The van der Waals surface area contributed by atoms with Crippen LogP contribution >= 0.6 is 0 Å². The molecule has 2 aromatic carbocycles. The van der Waals surface area contributed by atoms with Gasteiger partial charge in [0, 0.05) is 11.8 Å². The SMILES string of the molecule is COC(=O)[C@H](CCC(=O)OC(C)(C)C)NC(=O)Nc1cccc2cc(O)ccc12. The lowest BCUT2D eigenvalue weighted by Gasteiger charge is -2.21. The van der Waals surface area contributed by atoms with Gasteiger partial charge >= 0.3 is 18.0 Å². The van der Waals surface area contributed by atoms with Crippen molar-refractivity contribution in [2.24, 2.45) is 0 Å². The van der Waals surface area contributed by atoms with E-state index >= 15 is 0 Å². The molecule has 0 radical (unpaired) electrons. The predicted molar refractivity (Wildman–Crippen MR) is 109 cm³/mol. The molecule has 8 heteroatoms. The van der Waals surface area contributed by atoms with E-state index in [0.717, 1.165) is 10.8 Å². The molecule has 0 aliphatic heterocycles. The van der Waals surface area contributed by atoms with Crippen molar-refractivity contribution >= 4 is 34.4 Å². The molecule has 0 aliphatic rings. The first kappa shape index (κ1) is 22.0. The molecule has 0 saturated heterocycles. The van der Waals surface area contributed by atoms with Gasteiger partial charge in [-0.25, -0.2) is 9.59 Å². The van der Waals surface area contributed by atoms with E-state index in [0.29, 0.717) is 5.69 Å². The Morgan fingerprint density at radius 3 is 2.52 bits per heavy atom. The highest BCUT2D eigenvalue weighted by Gasteiger charge is 2.24. The Hall–Kier alpha value is -3.29. The Morgan fingerprint density at radius 2 is 1.86 bits per heavy atom. The van der Waals surface area contributed by atoms with Crippen LogP contribution in [0.15, 0.2) is 36.4 Å². The highest BCUT2D eigenvalue weighted by molar-refractivity contribution is 6.02. The van der Waals surface area contributed by atoms with E-state index in [1.807, 2.05) is 0 Å². The summed E-state index contributed by atoms with van der Waals surface area (Å²) in [6, 6.07) is 8.39. The number of fused-ring (bicyclic) bond motifs is 1. The normalized spacial score (nSPS) is 12.1. The summed E-state index contributed by atoms with van der Waals surface area (Å²) < 4.78 is 9.94. The number of hydrogen-bond donors (Lipinski definition) is 3. The smallest absolute Gasteiger partial charge is 0.328 e. The maximum atomic E-state index is 12.4. The fourth-order valence-corrected chi connectivity index (χ4v) is 2.74. The zero-order valence-corrected chi connectivity index (χ0v) is 16.9. The number of hydrogen-bond acceptors (Lipinski definition) is 6. The molecule has 0 unspecified atom stereocenters. The monoisotopic (exact) mass is 402 g/mol. The fourth-order valence-electron chi connectivity index (χ4n) is 2.74. The number of ether oxygens (including phenoxy) is 2. The summed E-state index contributed by atoms with van der Waals surface area (Å²) in [5.74, 6) is -1.01. The molecule has 0 bridgehead atoms. The van der Waals surface area contributed by atoms with Crippen LogP contribution in [0.1, 0.15) is 33.6 Å². The van der Waals surface area contributed by atoms with Crippen molar-refractivity contribution in [1.29, 1.82) is 0 Å². The molecule has 0 saturated carbocycles. The van der Waals surface area contributed by atoms with Gasteiger partial charge in [-0.05, 0) is 56.8 Å². The van der Waals surface area contributed by atoms with Crippen LogP contribution in [-0.2, 0) is 19.1 Å². The standard InChI is InChI=1S/C21H26N2O6/c1-21(2,3)29-18(25)11-10-17(19(26)28-4)23-20(27)22-16-7-5-6-13-12-14(24)8-9-15(13)16/h5-9,12,17,24H,10-11H2,1-4H3,(H2,22,23,27)/t17-/m0/s1. The van der Waals surface area contributed by atoms with Gasteiger partial charge in [0.1, 0.15) is 17.4 Å². The number of phenols is 1. The Labute approximate surface area is 169 Å². The third kappa shape index (κ3) is 6.67. The number of methoxy groups -OCH3 is 1. The first-order chi connectivity index (χ1) is 13.6. The number of anilines is 1. The molecule has 29 heavy (non-hydrogen) atoms. The Balaban J connectivity index is 2.05. The van der Waals surface area contributed by atoms with E-state index in [-0.39, 0.29) is 18.6 Å². The molecule has 0 heterocycles. The molecular formula is C21H26N2O6. The van der Waals surface area contributed by atoms with E-state index in [1.54, 1.807) is 51.1 Å². The average Bonchev–Trinajstić information content (AvgIpc) is 2.63. The lowest BCUT2D eigenvalue weighted by molar-refractivity contribution is -0.155. The van der Waals surface area contributed by atoms with E-state index in [1.165, 1.54) is 13.2 Å². The second kappa shape index (κ2) is 9.27. The van der Waals surface area contributed by atoms with E-state index in [2.05, 4.69) is 10.6 Å². The third-order valence-electron chi connectivity index (χ3n) is 3.96. The van der Waals surface area contributed by atoms with Crippen molar-refractivity contribution < 1.29 is 29.0 Å². The number of amides is 2. The van der Waals surface area contributed by atoms with Crippen molar-refractivity contribution in [2.45, 2.75) is 45.3 Å². The fraction of sp³-hybridized carbons (Fsp3) is 0.381. The van der Waals surface area contributed by atoms with E-state index in [9.17, 15) is 19.5 Å². The van der Waals surface area contributed by atoms with Gasteiger partial charge in [0.15, 0.2) is 0 Å². The van der Waals surface area contributed by atoms with E-state index in [4.69, 9.17) is 9.47 Å². The summed E-state index contributed by atoms with van der Waals surface area (Å²) in [5.41, 5.74) is -0.124. The number of aromatic hydroxyl groups is 1. The second-order valence-electron chi connectivity index (χ2n) is 7.51. The van der Waals surface area contributed by atoms with Crippen LogP contribution in [0.4, 0.5) is 10.5 Å². The zero-order chi connectivity index (χ0) is 21.6. The molecule has 0 spiro atoms. The van der Waals surface area contributed by atoms with Gasteiger partial charge in [-0.2, -0.15) is 0 Å². The summed E-state index contributed by atoms with van der Waals surface area (Å²) >= 11 is 0. The molecule has 2 aromatic rings. The van der Waals surface area contributed by atoms with Crippen LogP contribution in [0.2, 0.25) is 0 Å². The molecule has 0 fully saturated rings. The summed E-state index contributed by atoms with van der Waals surface area (Å²) in [4.78, 5) is 36.3. The van der Waals surface area contributed by atoms with Crippen LogP contribution < -0.4 is 10.6 Å². The molecule has 0 aromatic heterocycles. The first-order valence-electron chi connectivity index (χ1n) is 9.18. The molecule has 2 amide bonds. The Bertz CT molecular complexity index is 904. The number of benzene rings is 2.